The summed E-state index contributed by atoms with van der Waals surface area (Å²) in [6.45, 7) is 2.97. The molecule has 1 fully saturated rings. The highest BCUT2D eigenvalue weighted by molar-refractivity contribution is 7.89. The molecule has 1 aromatic carbocycles. The fraction of sp³-hybridized carbons (Fsp3) is 0.300. The molecule has 4 rings (SSSR count). The molecule has 3 heterocycles. The number of aromatic nitrogens is 2. The molecule has 1 saturated heterocycles. The van der Waals surface area contributed by atoms with Crippen molar-refractivity contribution in [3.8, 4) is 5.75 Å². The van der Waals surface area contributed by atoms with Gasteiger partial charge in [0.1, 0.15) is 5.75 Å². The van der Waals surface area contributed by atoms with Gasteiger partial charge in [0.05, 0.1) is 29.3 Å². The second-order valence-corrected chi connectivity index (χ2v) is 8.85. The topological polar surface area (TPSA) is 84.2 Å². The van der Waals surface area contributed by atoms with Gasteiger partial charge in [0.2, 0.25) is 10.0 Å². The molecular weight excluding hydrogens is 392 g/mol. The van der Waals surface area contributed by atoms with Crippen molar-refractivity contribution < 1.29 is 17.9 Å². The summed E-state index contributed by atoms with van der Waals surface area (Å²) in [4.78, 5) is 14.8. The zero-order valence-electron chi connectivity index (χ0n) is 16.3. The number of carbonyl (C=O) groups excluding carboxylic acids is 1. The molecular formula is C20H22N4O4S. The van der Waals surface area contributed by atoms with Gasteiger partial charge in [0.15, 0.2) is 0 Å². The third-order valence-corrected chi connectivity index (χ3v) is 7.08. The van der Waals surface area contributed by atoms with Gasteiger partial charge in [-0.15, -0.1) is 0 Å². The second-order valence-electron chi connectivity index (χ2n) is 6.92. The number of hydrogen-bond donors (Lipinski definition) is 0. The molecule has 0 saturated carbocycles. The highest BCUT2D eigenvalue weighted by atomic mass is 32.2. The molecule has 1 aliphatic rings. The number of piperazine rings is 1. The Morgan fingerprint density at radius 3 is 2.55 bits per heavy atom. The van der Waals surface area contributed by atoms with E-state index in [0.29, 0.717) is 24.4 Å². The molecule has 1 amide bonds. The Bertz CT molecular complexity index is 1160. The Kier molecular flexibility index (Phi) is 5.01. The lowest BCUT2D eigenvalue weighted by molar-refractivity contribution is 0.0700. The summed E-state index contributed by atoms with van der Waals surface area (Å²) in [5.74, 6) is 0.510. The van der Waals surface area contributed by atoms with Crippen LogP contribution in [-0.4, -0.2) is 66.4 Å². The molecule has 1 aliphatic heterocycles. The maximum absolute atomic E-state index is 13.0. The fourth-order valence-corrected chi connectivity index (χ4v) is 5.07. The number of pyridine rings is 1. The summed E-state index contributed by atoms with van der Waals surface area (Å²) in [5.41, 5.74) is 2.02. The van der Waals surface area contributed by atoms with Gasteiger partial charge in [-0.05, 0) is 42.8 Å². The van der Waals surface area contributed by atoms with Crippen molar-refractivity contribution in [2.24, 2.45) is 0 Å². The van der Waals surface area contributed by atoms with E-state index in [1.54, 1.807) is 47.1 Å². The number of amides is 1. The smallest absolute Gasteiger partial charge is 0.257 e. The molecule has 0 N–H and O–H groups in total. The van der Waals surface area contributed by atoms with E-state index in [0.717, 1.165) is 11.1 Å². The number of sulfonamides is 1. The Morgan fingerprint density at radius 1 is 1.10 bits per heavy atom. The van der Waals surface area contributed by atoms with Gasteiger partial charge in [0, 0.05) is 32.4 Å². The molecule has 0 unspecified atom stereocenters. The highest BCUT2D eigenvalue weighted by Crippen LogP contribution is 2.25. The largest absolute Gasteiger partial charge is 0.496 e. The van der Waals surface area contributed by atoms with Crippen molar-refractivity contribution in [1.29, 1.82) is 0 Å². The van der Waals surface area contributed by atoms with Crippen molar-refractivity contribution in [3.63, 3.8) is 0 Å². The average Bonchev–Trinajstić information content (AvgIpc) is 3.17. The number of nitrogens with zero attached hydrogens (tertiary/aromatic N) is 4. The lowest BCUT2D eigenvalue weighted by atomic mass is 10.2. The first-order chi connectivity index (χ1) is 13.9. The van der Waals surface area contributed by atoms with Crippen LogP contribution in [0.5, 0.6) is 5.75 Å². The van der Waals surface area contributed by atoms with Crippen LogP contribution in [-0.2, 0) is 10.0 Å². The molecule has 29 heavy (non-hydrogen) atoms. The number of methoxy groups -OCH3 is 1. The van der Waals surface area contributed by atoms with E-state index < -0.39 is 10.0 Å². The Hall–Kier alpha value is -2.91. The maximum atomic E-state index is 13.0. The van der Waals surface area contributed by atoms with Crippen LogP contribution in [0, 0.1) is 6.92 Å². The van der Waals surface area contributed by atoms with Crippen molar-refractivity contribution in [2.45, 2.75) is 11.8 Å². The zero-order valence-corrected chi connectivity index (χ0v) is 17.1. The fourth-order valence-electron chi connectivity index (χ4n) is 3.56. The van der Waals surface area contributed by atoms with E-state index in [4.69, 9.17) is 4.74 Å². The summed E-state index contributed by atoms with van der Waals surface area (Å²) >= 11 is 0. The summed E-state index contributed by atoms with van der Waals surface area (Å²) < 4.78 is 34.3. The minimum atomic E-state index is -3.62. The number of hydrogen-bond acceptors (Lipinski definition) is 5. The Balaban J connectivity index is 1.49. The van der Waals surface area contributed by atoms with Gasteiger partial charge in [-0.1, -0.05) is 6.07 Å². The predicted molar refractivity (Wildman–Crippen MR) is 108 cm³/mol. The van der Waals surface area contributed by atoms with Crippen molar-refractivity contribution >= 4 is 21.4 Å². The molecule has 2 aromatic heterocycles. The van der Waals surface area contributed by atoms with Crippen molar-refractivity contribution in [1.82, 2.24) is 18.8 Å². The van der Waals surface area contributed by atoms with Gasteiger partial charge >= 0.3 is 0 Å². The first-order valence-corrected chi connectivity index (χ1v) is 10.7. The van der Waals surface area contributed by atoms with E-state index in [1.807, 2.05) is 25.1 Å². The molecule has 8 nitrogen and oxygen atoms in total. The van der Waals surface area contributed by atoms with Gasteiger partial charge < -0.3 is 9.64 Å². The molecule has 152 valence electrons. The molecule has 0 bridgehead atoms. The van der Waals surface area contributed by atoms with Gasteiger partial charge in [-0.25, -0.2) is 12.9 Å². The van der Waals surface area contributed by atoms with Crippen LogP contribution in [0.1, 0.15) is 15.9 Å². The standard InChI is InChI=1S/C20H22N4O4S/c1-15-13-16(6-7-19(15)28-2)29(26,27)23-11-9-22(10-12-23)20(25)17-14-21-24-8-4-3-5-18(17)24/h3-8,13-14H,9-12H2,1-2H3. The number of fused-ring (bicyclic) bond motifs is 1. The second kappa shape index (κ2) is 7.49. The molecule has 0 atom stereocenters. The predicted octanol–water partition coefficient (Wildman–Crippen LogP) is 1.80. The average molecular weight is 414 g/mol. The quantitative estimate of drug-likeness (QED) is 0.650. The summed E-state index contributed by atoms with van der Waals surface area (Å²) in [7, 11) is -2.07. The monoisotopic (exact) mass is 414 g/mol. The molecule has 0 radical (unpaired) electrons. The Morgan fingerprint density at radius 2 is 1.86 bits per heavy atom. The minimum absolute atomic E-state index is 0.136. The van der Waals surface area contributed by atoms with E-state index in [1.165, 1.54) is 4.31 Å². The number of rotatable bonds is 4. The molecule has 0 aliphatic carbocycles. The SMILES string of the molecule is COc1ccc(S(=O)(=O)N2CCN(C(=O)c3cnn4ccccc34)CC2)cc1C. The summed E-state index contributed by atoms with van der Waals surface area (Å²) in [6, 6.07) is 10.4. The first-order valence-electron chi connectivity index (χ1n) is 9.28. The molecule has 3 aromatic rings. The maximum Gasteiger partial charge on any atom is 0.257 e. The lowest BCUT2D eigenvalue weighted by Crippen LogP contribution is -2.50. The van der Waals surface area contributed by atoms with Crippen LogP contribution in [0.15, 0.2) is 53.7 Å². The van der Waals surface area contributed by atoms with Crippen LogP contribution in [0.25, 0.3) is 5.52 Å². The van der Waals surface area contributed by atoms with Crippen molar-refractivity contribution in [3.05, 3.63) is 59.9 Å². The number of carbonyl (C=O) groups is 1. The van der Waals surface area contributed by atoms with Gasteiger partial charge in [0.25, 0.3) is 5.91 Å². The summed E-state index contributed by atoms with van der Waals surface area (Å²) in [5, 5.41) is 4.20. The Labute approximate surface area is 169 Å². The third kappa shape index (κ3) is 3.47. The van der Waals surface area contributed by atoms with E-state index in [-0.39, 0.29) is 23.9 Å². The highest BCUT2D eigenvalue weighted by Gasteiger charge is 2.31. The van der Waals surface area contributed by atoms with Gasteiger partial charge in [-0.2, -0.15) is 9.40 Å². The van der Waals surface area contributed by atoms with Crippen LogP contribution in [0.3, 0.4) is 0 Å². The third-order valence-electron chi connectivity index (χ3n) is 5.19. The van der Waals surface area contributed by atoms with E-state index in [2.05, 4.69) is 5.10 Å². The van der Waals surface area contributed by atoms with Crippen LogP contribution in [0.2, 0.25) is 0 Å². The minimum Gasteiger partial charge on any atom is -0.496 e. The van der Waals surface area contributed by atoms with Crippen LogP contribution in [0.4, 0.5) is 0 Å². The number of aryl methyl sites for hydroxylation is 1. The first kappa shape index (κ1) is 19.4. The van der Waals surface area contributed by atoms with E-state index in [9.17, 15) is 13.2 Å². The zero-order chi connectivity index (χ0) is 20.6. The molecule has 9 heteroatoms. The van der Waals surface area contributed by atoms with Gasteiger partial charge in [-0.3, -0.25) is 4.79 Å². The lowest BCUT2D eigenvalue weighted by Gasteiger charge is -2.34. The van der Waals surface area contributed by atoms with E-state index >= 15 is 0 Å². The number of benzene rings is 1. The normalized spacial score (nSPS) is 15.6. The van der Waals surface area contributed by atoms with Crippen LogP contribution >= 0.6 is 0 Å². The summed E-state index contributed by atoms with van der Waals surface area (Å²) in [6.07, 6.45) is 3.34. The molecule has 0 spiro atoms. The van der Waals surface area contributed by atoms with Crippen molar-refractivity contribution in [2.75, 3.05) is 33.3 Å². The van der Waals surface area contributed by atoms with Crippen LogP contribution < -0.4 is 4.74 Å². The number of ether oxygens (including phenoxy) is 1.